The Morgan fingerprint density at radius 2 is 2.24 bits per heavy atom. The number of nitrogens with two attached hydrogens (primary N) is 1. The summed E-state index contributed by atoms with van der Waals surface area (Å²) in [7, 11) is 0. The number of carbonyl (C=O) groups is 1. The highest BCUT2D eigenvalue weighted by molar-refractivity contribution is 7.18. The van der Waals surface area contributed by atoms with Gasteiger partial charge in [-0.05, 0) is 60.5 Å². The average molecular weight is 501 g/mol. The molecule has 0 bridgehead atoms. The highest BCUT2D eigenvalue weighted by atomic mass is 32.1. The molecule has 1 amide bonds. The predicted molar refractivity (Wildman–Crippen MR) is 133 cm³/mol. The van der Waals surface area contributed by atoms with Crippen LogP contribution in [0.2, 0.25) is 0 Å². The zero-order chi connectivity index (χ0) is 24.0. The molecule has 0 spiro atoms. The molecule has 2 atom stereocenters. The zero-order valence-corrected chi connectivity index (χ0v) is 20.0. The van der Waals surface area contributed by atoms with E-state index in [1.807, 2.05) is 6.07 Å². The van der Waals surface area contributed by atoms with Crippen LogP contribution in [0, 0.1) is 0 Å². The Morgan fingerprint density at radius 3 is 3.03 bits per heavy atom. The average Bonchev–Trinajstić information content (AvgIpc) is 3.58. The van der Waals surface area contributed by atoms with Gasteiger partial charge in [0.05, 0.1) is 24.5 Å². The summed E-state index contributed by atoms with van der Waals surface area (Å²) < 4.78 is 2.61. The van der Waals surface area contributed by atoms with Crippen molar-refractivity contribution >= 4 is 50.4 Å². The van der Waals surface area contributed by atoms with Crippen LogP contribution in [0.5, 0.6) is 0 Å². The Morgan fingerprint density at radius 1 is 1.41 bits per heavy atom. The fraction of sp³-hybridized carbons (Fsp3) is 0.364. The highest BCUT2D eigenvalue weighted by Crippen LogP contribution is 2.40. The summed E-state index contributed by atoms with van der Waals surface area (Å²) in [5.74, 6) is -0.321. The number of aliphatic imine (C=N–C) groups is 1. The SMILES string of the molecule is CC(CO)N=C(N)c1c(Nc2ncc(C(=O)N3c4ccc5c(c4CC3O)CCC5)s2)s[nH]c1=O. The second-order valence-electron chi connectivity index (χ2n) is 8.35. The molecule has 3 aromatic rings. The number of nitrogens with one attached hydrogen (secondary N) is 2. The number of amidine groups is 1. The van der Waals surface area contributed by atoms with Crippen LogP contribution in [-0.2, 0) is 19.3 Å². The van der Waals surface area contributed by atoms with Gasteiger partial charge < -0.3 is 21.3 Å². The molecule has 1 aliphatic carbocycles. The van der Waals surface area contributed by atoms with Crippen LogP contribution in [0.15, 0.2) is 28.1 Å². The predicted octanol–water partition coefficient (Wildman–Crippen LogP) is 1.73. The minimum Gasteiger partial charge on any atom is -0.394 e. The van der Waals surface area contributed by atoms with Crippen LogP contribution >= 0.6 is 22.9 Å². The maximum atomic E-state index is 13.3. The normalized spacial score (nSPS) is 18.1. The van der Waals surface area contributed by atoms with Gasteiger partial charge in [0, 0.05) is 6.42 Å². The number of benzene rings is 1. The van der Waals surface area contributed by atoms with Crippen molar-refractivity contribution in [2.75, 3.05) is 16.8 Å². The summed E-state index contributed by atoms with van der Waals surface area (Å²) in [4.78, 5) is 35.8. The number of aliphatic hydroxyl groups is 2. The molecule has 0 saturated heterocycles. The maximum absolute atomic E-state index is 13.3. The minimum atomic E-state index is -0.917. The Hall–Kier alpha value is -3.06. The molecule has 12 heteroatoms. The number of carbonyl (C=O) groups excluding carboxylic acids is 1. The molecule has 0 saturated carbocycles. The van der Waals surface area contributed by atoms with E-state index in [9.17, 15) is 19.8 Å². The van der Waals surface area contributed by atoms with Crippen LogP contribution in [0.3, 0.4) is 0 Å². The first kappa shape index (κ1) is 22.7. The number of amides is 1. The third-order valence-electron chi connectivity index (χ3n) is 6.06. The zero-order valence-electron chi connectivity index (χ0n) is 18.4. The number of rotatable bonds is 6. The van der Waals surface area contributed by atoms with E-state index in [-0.39, 0.29) is 23.9 Å². The Balaban J connectivity index is 1.39. The van der Waals surface area contributed by atoms with E-state index in [4.69, 9.17) is 5.73 Å². The molecule has 2 unspecified atom stereocenters. The molecular formula is C22H24N6O4S2. The van der Waals surface area contributed by atoms with E-state index < -0.39 is 17.8 Å². The first-order valence-corrected chi connectivity index (χ1v) is 12.5. The van der Waals surface area contributed by atoms with Gasteiger partial charge in [-0.1, -0.05) is 17.4 Å². The lowest BCUT2D eigenvalue weighted by atomic mass is 10.0. The van der Waals surface area contributed by atoms with Gasteiger partial charge in [-0.15, -0.1) is 0 Å². The Kier molecular flexibility index (Phi) is 5.98. The number of anilines is 3. The summed E-state index contributed by atoms with van der Waals surface area (Å²) >= 11 is 2.16. The number of aromatic amines is 1. The number of fused-ring (bicyclic) bond motifs is 3. The molecule has 2 aliphatic rings. The molecule has 1 aromatic carbocycles. The summed E-state index contributed by atoms with van der Waals surface area (Å²) in [5.41, 5.74) is 10.1. The number of hydrogen-bond donors (Lipinski definition) is 5. The molecule has 1 aliphatic heterocycles. The van der Waals surface area contributed by atoms with Gasteiger partial charge in [0.1, 0.15) is 27.5 Å². The summed E-state index contributed by atoms with van der Waals surface area (Å²) in [6.07, 6.45) is 4.08. The van der Waals surface area contributed by atoms with Crippen LogP contribution in [0.25, 0.3) is 0 Å². The lowest BCUT2D eigenvalue weighted by Crippen LogP contribution is -2.37. The van der Waals surface area contributed by atoms with Crippen LogP contribution in [-0.4, -0.2) is 50.2 Å². The van der Waals surface area contributed by atoms with Crippen LogP contribution < -0.4 is 21.5 Å². The Bertz CT molecular complexity index is 1340. The third kappa shape index (κ3) is 3.92. The van der Waals surface area contributed by atoms with Crippen molar-refractivity contribution in [3.8, 4) is 0 Å². The van der Waals surface area contributed by atoms with Gasteiger partial charge in [0.25, 0.3) is 11.5 Å². The fourth-order valence-electron chi connectivity index (χ4n) is 4.48. The standard InChI is InChI=1S/C22H24N6O4S2/c1-10(9-29)25-18(23)17-19(31)27-34-20(17)26-22-24-8-15(33-22)21(32)28-14-6-5-11-3-2-4-12(11)13(14)7-16(28)30/h5-6,8,10,16,29-30H,2-4,7,9H2,1H3,(H2,23,25)(H,24,26)(H,27,31). The molecule has 6 N–H and O–H groups in total. The van der Waals surface area contributed by atoms with Crippen LogP contribution in [0.4, 0.5) is 15.8 Å². The second kappa shape index (κ2) is 8.95. The third-order valence-corrected chi connectivity index (χ3v) is 7.75. The van der Waals surface area contributed by atoms with E-state index in [0.29, 0.717) is 21.4 Å². The van der Waals surface area contributed by atoms with E-state index in [1.54, 1.807) is 6.92 Å². The maximum Gasteiger partial charge on any atom is 0.272 e. The number of hydrogen-bond acceptors (Lipinski definition) is 9. The molecule has 3 heterocycles. The lowest BCUT2D eigenvalue weighted by molar-refractivity contribution is 0.0907. The van der Waals surface area contributed by atoms with E-state index in [0.717, 1.165) is 53.4 Å². The quantitative estimate of drug-likeness (QED) is 0.255. The summed E-state index contributed by atoms with van der Waals surface area (Å²) in [6, 6.07) is 3.53. The van der Waals surface area contributed by atoms with E-state index in [2.05, 4.69) is 25.7 Å². The minimum absolute atomic E-state index is 0.00346. The van der Waals surface area contributed by atoms with Crippen molar-refractivity contribution in [3.63, 3.8) is 0 Å². The molecular weight excluding hydrogens is 476 g/mol. The number of aromatic nitrogens is 2. The molecule has 5 rings (SSSR count). The van der Waals surface area contributed by atoms with E-state index >= 15 is 0 Å². The van der Waals surface area contributed by atoms with Crippen molar-refractivity contribution in [1.29, 1.82) is 0 Å². The van der Waals surface area contributed by atoms with Gasteiger partial charge in [-0.2, -0.15) is 0 Å². The number of aliphatic hydroxyl groups excluding tert-OH is 2. The molecule has 178 valence electrons. The number of thiazole rings is 1. The molecule has 2 aromatic heterocycles. The summed E-state index contributed by atoms with van der Waals surface area (Å²) in [6.45, 7) is 1.48. The van der Waals surface area contributed by atoms with E-state index in [1.165, 1.54) is 22.2 Å². The number of aryl methyl sites for hydroxylation is 1. The van der Waals surface area contributed by atoms with Crippen molar-refractivity contribution in [3.05, 3.63) is 55.8 Å². The summed E-state index contributed by atoms with van der Waals surface area (Å²) in [5, 5.41) is 23.7. The molecule has 0 fully saturated rings. The molecule has 0 radical (unpaired) electrons. The van der Waals surface area contributed by atoms with Gasteiger partial charge in [-0.3, -0.25) is 23.9 Å². The fourth-order valence-corrected chi connectivity index (χ4v) is 6.04. The van der Waals surface area contributed by atoms with Crippen molar-refractivity contribution in [1.82, 2.24) is 9.36 Å². The highest BCUT2D eigenvalue weighted by Gasteiger charge is 2.36. The van der Waals surface area contributed by atoms with Crippen LogP contribution in [0.1, 0.15) is 45.3 Å². The van der Waals surface area contributed by atoms with Gasteiger partial charge in [0.15, 0.2) is 5.13 Å². The van der Waals surface area contributed by atoms with Crippen molar-refractivity contribution in [2.24, 2.45) is 10.7 Å². The Labute approximate surface area is 203 Å². The van der Waals surface area contributed by atoms with Gasteiger partial charge >= 0.3 is 0 Å². The monoisotopic (exact) mass is 500 g/mol. The number of H-pyrrole nitrogens is 1. The van der Waals surface area contributed by atoms with Crippen molar-refractivity contribution < 1.29 is 15.0 Å². The number of nitrogens with zero attached hydrogens (tertiary/aromatic N) is 3. The lowest BCUT2D eigenvalue weighted by Gasteiger charge is -2.20. The molecule has 10 nitrogen and oxygen atoms in total. The van der Waals surface area contributed by atoms with Gasteiger partial charge in [-0.25, -0.2) is 4.98 Å². The first-order chi connectivity index (χ1) is 16.4. The first-order valence-electron chi connectivity index (χ1n) is 10.9. The largest absolute Gasteiger partial charge is 0.394 e. The van der Waals surface area contributed by atoms with Gasteiger partial charge in [0.2, 0.25) is 0 Å². The van der Waals surface area contributed by atoms with Crippen molar-refractivity contribution in [2.45, 2.75) is 44.9 Å². The smallest absolute Gasteiger partial charge is 0.272 e. The topological polar surface area (TPSA) is 157 Å². The molecule has 34 heavy (non-hydrogen) atoms. The second-order valence-corrected chi connectivity index (χ2v) is 10.2.